The average Bonchev–Trinajstić information content (AvgIpc) is 2.15. The molecule has 9 heavy (non-hydrogen) atoms. The highest BCUT2D eigenvalue weighted by Gasteiger charge is 2.15. The number of hydrogen-bond acceptors (Lipinski definition) is 3. The van der Waals surface area contributed by atoms with E-state index in [-0.39, 0.29) is 5.95 Å². The largest absolute Gasteiger partial charge is 0.750 e. The van der Waals surface area contributed by atoms with Crippen molar-refractivity contribution in [3.05, 3.63) is 18.4 Å². The predicted octanol–water partition coefficient (Wildman–Crippen LogP) is 1.31. The fourth-order valence-electron chi connectivity index (χ4n) is 0.392. The molecular weight excluding hydrogens is 143 g/mol. The Morgan fingerprint density at radius 2 is 2.56 bits per heavy atom. The smallest absolute Gasteiger partial charge is 0.431 e. The first-order valence-corrected chi connectivity index (χ1v) is 3.29. The number of rotatable bonds is 2. The summed E-state index contributed by atoms with van der Waals surface area (Å²) in [6.45, 7) is 0. The summed E-state index contributed by atoms with van der Waals surface area (Å²) < 4.78 is 18.8. The molecule has 0 spiro atoms. The molecule has 1 heterocycles. The van der Waals surface area contributed by atoms with Gasteiger partial charge < -0.3 is 4.42 Å². The van der Waals surface area contributed by atoms with Gasteiger partial charge in [-0.2, -0.15) is 4.52 Å². The molecule has 48 valence electrons. The number of furan rings is 1. The molecule has 1 rings (SSSR count). The minimum Gasteiger partial charge on any atom is -0.431 e. The van der Waals surface area contributed by atoms with Crippen LogP contribution in [0.3, 0.4) is 0 Å². The maximum Gasteiger partial charge on any atom is 0.750 e. The van der Waals surface area contributed by atoms with Crippen molar-refractivity contribution >= 4 is 8.25 Å². The van der Waals surface area contributed by atoms with Gasteiger partial charge in [-0.3, -0.25) is 0 Å². The van der Waals surface area contributed by atoms with Crippen molar-refractivity contribution in [2.75, 3.05) is 0 Å². The van der Waals surface area contributed by atoms with Crippen LogP contribution in [0.5, 0.6) is 5.95 Å². The quantitative estimate of drug-likeness (QED) is 0.640. The molecule has 5 heteroatoms. The molecule has 0 aliphatic heterocycles. The number of hydrogen-bond donors (Lipinski definition) is 1. The van der Waals surface area contributed by atoms with Crippen molar-refractivity contribution in [1.82, 2.24) is 0 Å². The van der Waals surface area contributed by atoms with Gasteiger partial charge in [0, 0.05) is 10.6 Å². The zero-order valence-electron chi connectivity index (χ0n) is 4.35. The van der Waals surface area contributed by atoms with Gasteiger partial charge in [0.2, 0.25) is 0 Å². The highest BCUT2D eigenvalue weighted by atomic mass is 31.1. The zero-order valence-corrected chi connectivity index (χ0v) is 5.25. The van der Waals surface area contributed by atoms with Gasteiger partial charge in [-0.15, -0.1) is 4.89 Å². The fourth-order valence-corrected chi connectivity index (χ4v) is 0.650. The van der Waals surface area contributed by atoms with E-state index in [0.29, 0.717) is 0 Å². The molecule has 0 aromatic carbocycles. The first-order chi connectivity index (χ1) is 4.29. The molecule has 0 bridgehead atoms. The Labute approximate surface area is 52.0 Å². The van der Waals surface area contributed by atoms with Crippen LogP contribution in [0.4, 0.5) is 0 Å². The highest BCUT2D eigenvalue weighted by Crippen LogP contribution is 2.22. The lowest BCUT2D eigenvalue weighted by molar-refractivity contribution is 0.347. The summed E-state index contributed by atoms with van der Waals surface area (Å²) in [4.78, 5) is 8.15. The maximum absolute atomic E-state index is 9.93. The van der Waals surface area contributed by atoms with Gasteiger partial charge in [-0.1, -0.05) is 0 Å². The van der Waals surface area contributed by atoms with Gasteiger partial charge in [0.05, 0.1) is 6.26 Å². The molecule has 4 nitrogen and oxygen atoms in total. The minimum atomic E-state index is -2.59. The highest BCUT2D eigenvalue weighted by molar-refractivity contribution is 7.32. The van der Waals surface area contributed by atoms with Crippen molar-refractivity contribution < 1.29 is 18.4 Å². The SMILES string of the molecule is O=[P+](O)Oc1ccco1. The van der Waals surface area contributed by atoms with E-state index in [0.717, 1.165) is 0 Å². The maximum atomic E-state index is 9.93. The third kappa shape index (κ3) is 1.83. The molecule has 1 aromatic rings. The summed E-state index contributed by atoms with van der Waals surface area (Å²) in [6, 6.07) is 3.01. The molecule has 1 aromatic heterocycles. The van der Waals surface area contributed by atoms with Gasteiger partial charge in [-0.25, -0.2) is 0 Å². The lowest BCUT2D eigenvalue weighted by atomic mass is 10.7. The summed E-state index contributed by atoms with van der Waals surface area (Å²) in [6.07, 6.45) is 1.36. The Morgan fingerprint density at radius 3 is 3.00 bits per heavy atom. The van der Waals surface area contributed by atoms with Crippen LogP contribution in [0.25, 0.3) is 0 Å². The van der Waals surface area contributed by atoms with Gasteiger partial charge in [0.25, 0.3) is 0 Å². The normalized spacial score (nSPS) is 11.0. The van der Waals surface area contributed by atoms with Crippen LogP contribution in [0, 0.1) is 0 Å². The third-order valence-electron chi connectivity index (χ3n) is 0.663. The molecule has 1 unspecified atom stereocenters. The Balaban J connectivity index is 2.58. The van der Waals surface area contributed by atoms with Crippen LogP contribution in [-0.4, -0.2) is 4.89 Å². The van der Waals surface area contributed by atoms with E-state index in [2.05, 4.69) is 8.94 Å². The van der Waals surface area contributed by atoms with Crippen LogP contribution in [0.15, 0.2) is 22.8 Å². The molecular formula is C4H4O4P+. The summed E-state index contributed by atoms with van der Waals surface area (Å²) in [5.41, 5.74) is 0. The van der Waals surface area contributed by atoms with Crippen molar-refractivity contribution in [3.63, 3.8) is 0 Å². The van der Waals surface area contributed by atoms with Gasteiger partial charge >= 0.3 is 14.2 Å². The second kappa shape index (κ2) is 2.62. The Morgan fingerprint density at radius 1 is 1.78 bits per heavy atom. The van der Waals surface area contributed by atoms with Crippen LogP contribution in [-0.2, 0) is 4.57 Å². The molecule has 0 saturated heterocycles. The lowest BCUT2D eigenvalue weighted by Crippen LogP contribution is -1.73. The zero-order chi connectivity index (χ0) is 6.69. The molecule has 0 fully saturated rings. The van der Waals surface area contributed by atoms with Crippen molar-refractivity contribution in [1.29, 1.82) is 0 Å². The topological polar surface area (TPSA) is 59.7 Å². The molecule has 1 atom stereocenters. The van der Waals surface area contributed by atoms with Gasteiger partial charge in [0.15, 0.2) is 0 Å². The molecule has 1 N–H and O–H groups in total. The van der Waals surface area contributed by atoms with Crippen LogP contribution in [0.1, 0.15) is 0 Å². The standard InChI is InChI=1S/C4H3O4P/c5-9(6)8-4-2-1-3-7-4/h1-3H/p+1. The first kappa shape index (κ1) is 6.26. The molecule has 0 aliphatic carbocycles. The Kier molecular flexibility index (Phi) is 1.82. The summed E-state index contributed by atoms with van der Waals surface area (Å²) in [7, 11) is -2.59. The molecule has 0 saturated carbocycles. The van der Waals surface area contributed by atoms with Crippen LogP contribution in [0.2, 0.25) is 0 Å². The third-order valence-corrected chi connectivity index (χ3v) is 0.999. The lowest BCUT2D eigenvalue weighted by Gasteiger charge is -1.76. The van der Waals surface area contributed by atoms with Crippen molar-refractivity contribution in [2.45, 2.75) is 0 Å². The molecule has 0 amide bonds. The second-order valence-electron chi connectivity index (χ2n) is 1.26. The predicted molar refractivity (Wildman–Crippen MR) is 29.2 cm³/mol. The van der Waals surface area contributed by atoms with E-state index in [4.69, 9.17) is 4.89 Å². The Bertz CT molecular complexity index is 192. The summed E-state index contributed by atoms with van der Waals surface area (Å²) >= 11 is 0. The fraction of sp³-hybridized carbons (Fsp3) is 0. The minimum absolute atomic E-state index is 0.0543. The average molecular weight is 147 g/mol. The van der Waals surface area contributed by atoms with Crippen molar-refractivity contribution in [2.24, 2.45) is 0 Å². The second-order valence-corrected chi connectivity index (χ2v) is 1.92. The van der Waals surface area contributed by atoms with Gasteiger partial charge in [0.1, 0.15) is 0 Å². The molecule has 0 radical (unpaired) electrons. The summed E-state index contributed by atoms with van der Waals surface area (Å²) in [5, 5.41) is 0. The van der Waals surface area contributed by atoms with Crippen molar-refractivity contribution in [3.8, 4) is 5.95 Å². The monoisotopic (exact) mass is 147 g/mol. The molecule has 0 aliphatic rings. The first-order valence-electron chi connectivity index (χ1n) is 2.16. The van der Waals surface area contributed by atoms with E-state index in [1.807, 2.05) is 0 Å². The van der Waals surface area contributed by atoms with E-state index < -0.39 is 8.25 Å². The van der Waals surface area contributed by atoms with Crippen LogP contribution < -0.4 is 4.52 Å². The van der Waals surface area contributed by atoms with E-state index >= 15 is 0 Å². The van der Waals surface area contributed by atoms with Gasteiger partial charge in [-0.05, 0) is 6.07 Å². The summed E-state index contributed by atoms with van der Waals surface area (Å²) in [5.74, 6) is 0.0543. The Hall–Kier alpha value is -0.860. The van der Waals surface area contributed by atoms with E-state index in [1.54, 1.807) is 6.07 Å². The van der Waals surface area contributed by atoms with E-state index in [1.165, 1.54) is 12.3 Å². The van der Waals surface area contributed by atoms with Crippen LogP contribution >= 0.6 is 8.25 Å². The van der Waals surface area contributed by atoms with E-state index in [9.17, 15) is 4.57 Å².